The number of nitrogens with two attached hydrogens (primary N) is 1. The maximum atomic E-state index is 12.1. The van der Waals surface area contributed by atoms with E-state index in [4.69, 9.17) is 5.73 Å². The first-order valence-corrected chi connectivity index (χ1v) is 7.05. The molecule has 4 N–H and O–H groups in total. The highest BCUT2D eigenvalue weighted by Gasteiger charge is 2.60. The minimum absolute atomic E-state index is 0.0638. The molecule has 0 aromatic heterocycles. The molecule has 6 nitrogen and oxygen atoms in total. The SMILES string of the molecule is CC(C)(O)C1C(=O)N2C(C(=O)O)=C(CCCN)S[C@H]12. The molecule has 7 heteroatoms. The third-order valence-corrected chi connectivity index (χ3v) is 4.79. The van der Waals surface area contributed by atoms with Gasteiger partial charge in [0.15, 0.2) is 0 Å². The zero-order valence-corrected chi connectivity index (χ0v) is 11.7. The molecule has 0 radical (unpaired) electrons. The van der Waals surface area contributed by atoms with Gasteiger partial charge in [0.05, 0.1) is 11.5 Å². The molecule has 0 saturated carbocycles. The molecule has 1 fully saturated rings. The number of hydrogen-bond donors (Lipinski definition) is 3. The van der Waals surface area contributed by atoms with Crippen LogP contribution in [-0.4, -0.2) is 44.5 Å². The number of β-lactam (4-membered cyclic amide) rings is 1. The average molecular weight is 286 g/mol. The molecule has 0 aliphatic carbocycles. The average Bonchev–Trinajstić information content (AvgIpc) is 2.58. The summed E-state index contributed by atoms with van der Waals surface area (Å²) in [6.07, 6.45) is 1.24. The lowest BCUT2D eigenvalue weighted by atomic mass is 9.82. The van der Waals surface area contributed by atoms with E-state index in [0.717, 1.165) is 0 Å². The van der Waals surface area contributed by atoms with Crippen molar-refractivity contribution in [2.45, 2.75) is 37.7 Å². The molecular weight excluding hydrogens is 268 g/mol. The van der Waals surface area contributed by atoms with E-state index in [1.165, 1.54) is 16.7 Å². The summed E-state index contributed by atoms with van der Waals surface area (Å²) in [5.41, 5.74) is 4.36. The molecule has 2 atom stereocenters. The minimum atomic E-state index is -1.14. The smallest absolute Gasteiger partial charge is 0.353 e. The summed E-state index contributed by atoms with van der Waals surface area (Å²) in [6.45, 7) is 3.63. The predicted molar refractivity (Wildman–Crippen MR) is 71.0 cm³/mol. The molecule has 0 bridgehead atoms. The van der Waals surface area contributed by atoms with Crippen LogP contribution in [0.4, 0.5) is 0 Å². The molecule has 0 spiro atoms. The van der Waals surface area contributed by atoms with Crippen LogP contribution in [-0.2, 0) is 9.59 Å². The second-order valence-electron chi connectivity index (χ2n) is 5.32. The van der Waals surface area contributed by atoms with Gasteiger partial charge in [-0.3, -0.25) is 9.69 Å². The topological polar surface area (TPSA) is 104 Å². The lowest BCUT2D eigenvalue weighted by Gasteiger charge is -2.47. The third-order valence-electron chi connectivity index (χ3n) is 3.38. The van der Waals surface area contributed by atoms with Gasteiger partial charge in [0.2, 0.25) is 5.91 Å². The zero-order chi connectivity index (χ0) is 14.4. The van der Waals surface area contributed by atoms with Crippen molar-refractivity contribution < 1.29 is 19.8 Å². The molecule has 1 unspecified atom stereocenters. The lowest BCUT2D eigenvalue weighted by Crippen LogP contribution is -2.64. The van der Waals surface area contributed by atoms with Gasteiger partial charge in [-0.2, -0.15) is 0 Å². The number of carbonyl (C=O) groups is 2. The van der Waals surface area contributed by atoms with Crippen molar-refractivity contribution in [2.75, 3.05) is 6.54 Å². The van der Waals surface area contributed by atoms with Crippen LogP contribution in [0.2, 0.25) is 0 Å². The number of nitrogens with zero attached hydrogens (tertiary/aromatic N) is 1. The van der Waals surface area contributed by atoms with Crippen molar-refractivity contribution in [2.24, 2.45) is 11.7 Å². The number of aliphatic hydroxyl groups is 1. The van der Waals surface area contributed by atoms with Gasteiger partial charge in [0.25, 0.3) is 0 Å². The van der Waals surface area contributed by atoms with E-state index in [0.29, 0.717) is 24.3 Å². The Morgan fingerprint density at radius 1 is 1.53 bits per heavy atom. The summed E-state index contributed by atoms with van der Waals surface area (Å²) in [7, 11) is 0. The number of amides is 1. The Morgan fingerprint density at radius 2 is 2.16 bits per heavy atom. The van der Waals surface area contributed by atoms with Crippen molar-refractivity contribution in [3.05, 3.63) is 10.6 Å². The number of aliphatic carboxylic acids is 1. The van der Waals surface area contributed by atoms with Gasteiger partial charge < -0.3 is 15.9 Å². The van der Waals surface area contributed by atoms with Crippen molar-refractivity contribution in [3.63, 3.8) is 0 Å². The fraction of sp³-hybridized carbons (Fsp3) is 0.667. The highest BCUT2D eigenvalue weighted by Crippen LogP contribution is 2.53. The van der Waals surface area contributed by atoms with Crippen LogP contribution in [0.1, 0.15) is 26.7 Å². The zero-order valence-electron chi connectivity index (χ0n) is 10.9. The van der Waals surface area contributed by atoms with Crippen LogP contribution in [0.5, 0.6) is 0 Å². The Balaban J connectivity index is 2.24. The quantitative estimate of drug-likeness (QED) is 0.629. The minimum Gasteiger partial charge on any atom is -0.477 e. The molecule has 1 amide bonds. The number of carbonyl (C=O) groups excluding carboxylic acids is 1. The van der Waals surface area contributed by atoms with Gasteiger partial charge in [0.1, 0.15) is 11.1 Å². The van der Waals surface area contributed by atoms with Gasteiger partial charge in [-0.05, 0) is 33.2 Å². The summed E-state index contributed by atoms with van der Waals surface area (Å²) in [4.78, 5) is 25.3. The van der Waals surface area contributed by atoms with Crippen LogP contribution in [0, 0.1) is 5.92 Å². The number of carboxylic acids is 1. The van der Waals surface area contributed by atoms with Gasteiger partial charge >= 0.3 is 5.97 Å². The van der Waals surface area contributed by atoms with Crippen LogP contribution >= 0.6 is 11.8 Å². The van der Waals surface area contributed by atoms with Gasteiger partial charge in [-0.25, -0.2) is 4.79 Å². The molecule has 19 heavy (non-hydrogen) atoms. The van der Waals surface area contributed by atoms with E-state index < -0.39 is 17.5 Å². The molecule has 0 aromatic rings. The van der Waals surface area contributed by atoms with Crippen molar-refractivity contribution in [1.82, 2.24) is 4.90 Å². The van der Waals surface area contributed by atoms with E-state index in [9.17, 15) is 19.8 Å². The van der Waals surface area contributed by atoms with Crippen molar-refractivity contribution >= 4 is 23.6 Å². The van der Waals surface area contributed by atoms with E-state index in [2.05, 4.69) is 0 Å². The van der Waals surface area contributed by atoms with Crippen LogP contribution < -0.4 is 5.73 Å². The lowest BCUT2D eigenvalue weighted by molar-refractivity contribution is -0.163. The monoisotopic (exact) mass is 286 g/mol. The number of fused-ring (bicyclic) bond motifs is 1. The van der Waals surface area contributed by atoms with Crippen molar-refractivity contribution in [3.8, 4) is 0 Å². The largest absolute Gasteiger partial charge is 0.477 e. The standard InChI is InChI=1S/C12H18N2O4S/c1-12(2,18)7-9(15)14-8(11(16)17)6(4-3-5-13)19-10(7)14/h7,10,18H,3-5,13H2,1-2H3,(H,16,17)/t7?,10-/m1/s1. The third kappa shape index (κ3) is 2.26. The summed E-state index contributed by atoms with van der Waals surface area (Å²) in [5.74, 6) is -1.96. The van der Waals surface area contributed by atoms with Crippen LogP contribution in [0.25, 0.3) is 0 Å². The van der Waals surface area contributed by atoms with Gasteiger partial charge in [-0.1, -0.05) is 0 Å². The highest BCUT2D eigenvalue weighted by atomic mass is 32.2. The maximum Gasteiger partial charge on any atom is 0.353 e. The second-order valence-corrected chi connectivity index (χ2v) is 6.53. The summed E-state index contributed by atoms with van der Waals surface area (Å²) >= 11 is 1.36. The first kappa shape index (κ1) is 14.4. The Morgan fingerprint density at radius 3 is 2.63 bits per heavy atom. The number of hydrogen-bond acceptors (Lipinski definition) is 5. The predicted octanol–water partition coefficient (Wildman–Crippen LogP) is 0.324. The number of thioether (sulfide) groups is 1. The van der Waals surface area contributed by atoms with E-state index in [1.807, 2.05) is 0 Å². The summed E-state index contributed by atoms with van der Waals surface area (Å²) < 4.78 is 0. The molecule has 2 heterocycles. The molecule has 0 aromatic carbocycles. The number of carboxylic acid groups (broad SMARTS) is 1. The Labute approximate surface area is 115 Å². The summed E-state index contributed by atoms with van der Waals surface area (Å²) in [6, 6.07) is 0. The highest BCUT2D eigenvalue weighted by molar-refractivity contribution is 8.04. The van der Waals surface area contributed by atoms with Crippen LogP contribution in [0.15, 0.2) is 10.6 Å². The summed E-state index contributed by atoms with van der Waals surface area (Å²) in [5, 5.41) is 18.9. The number of allylic oxidation sites excluding steroid dienone is 1. The fourth-order valence-corrected chi connectivity index (χ4v) is 4.22. The Bertz CT molecular complexity index is 455. The molecule has 1 saturated heterocycles. The Kier molecular flexibility index (Phi) is 3.63. The first-order chi connectivity index (χ1) is 8.79. The first-order valence-electron chi connectivity index (χ1n) is 6.17. The molecule has 106 valence electrons. The Hall–Kier alpha value is -1.05. The molecule has 2 aliphatic heterocycles. The van der Waals surface area contributed by atoms with Crippen molar-refractivity contribution in [1.29, 1.82) is 0 Å². The maximum absolute atomic E-state index is 12.1. The van der Waals surface area contributed by atoms with E-state index >= 15 is 0 Å². The molecule has 2 aliphatic rings. The van der Waals surface area contributed by atoms with Gasteiger partial charge in [-0.15, -0.1) is 11.8 Å². The second kappa shape index (κ2) is 4.81. The fourth-order valence-electron chi connectivity index (χ4n) is 2.47. The van der Waals surface area contributed by atoms with E-state index in [1.54, 1.807) is 13.8 Å². The molecular formula is C12H18N2O4S. The normalized spacial score (nSPS) is 26.5. The van der Waals surface area contributed by atoms with E-state index in [-0.39, 0.29) is 17.0 Å². The molecule has 2 rings (SSSR count). The van der Waals surface area contributed by atoms with Crippen LogP contribution in [0.3, 0.4) is 0 Å². The number of rotatable bonds is 5. The van der Waals surface area contributed by atoms with Gasteiger partial charge in [0, 0.05) is 4.91 Å².